The fraction of sp³-hybridized carbons (Fsp3) is 0.368. The van der Waals surface area contributed by atoms with E-state index in [2.05, 4.69) is 28.7 Å². The van der Waals surface area contributed by atoms with Crippen molar-refractivity contribution in [3.05, 3.63) is 56.5 Å². The van der Waals surface area contributed by atoms with Gasteiger partial charge in [0, 0.05) is 17.8 Å². The van der Waals surface area contributed by atoms with Crippen LogP contribution in [0.4, 0.5) is 0 Å². The van der Waals surface area contributed by atoms with Gasteiger partial charge in [0.2, 0.25) is 5.91 Å². The summed E-state index contributed by atoms with van der Waals surface area (Å²) in [6.07, 6.45) is 2.05. The number of fused-ring (bicyclic) bond motifs is 2. The van der Waals surface area contributed by atoms with Gasteiger partial charge >= 0.3 is 0 Å². The second-order valence-electron chi connectivity index (χ2n) is 6.45. The Morgan fingerprint density at radius 1 is 1.31 bits per heavy atom. The summed E-state index contributed by atoms with van der Waals surface area (Å²) in [7, 11) is 0. The van der Waals surface area contributed by atoms with Crippen molar-refractivity contribution in [1.82, 2.24) is 19.9 Å². The second kappa shape index (κ2) is 6.99. The molecule has 0 unspecified atom stereocenters. The highest BCUT2D eigenvalue weighted by Crippen LogP contribution is 2.35. The molecule has 134 valence electrons. The highest BCUT2D eigenvalue weighted by Gasteiger charge is 2.30. The smallest absolute Gasteiger partial charge is 0.277 e. The third-order valence-corrected chi connectivity index (χ3v) is 5.97. The maximum Gasteiger partial charge on any atom is 0.277 e. The first-order valence-corrected chi connectivity index (χ1v) is 9.75. The molecule has 0 saturated carbocycles. The lowest BCUT2D eigenvalue weighted by Gasteiger charge is -2.35. The summed E-state index contributed by atoms with van der Waals surface area (Å²) in [5, 5.41) is 10.7. The SMILES string of the molecule is CC[C@H]1c2ccsc2CCN1C(=O)CCn1nnc2ccccc2c1=O. The molecule has 1 aliphatic heterocycles. The minimum absolute atomic E-state index is 0.0653. The van der Waals surface area contributed by atoms with Crippen LogP contribution in [0, 0.1) is 0 Å². The molecule has 0 aliphatic carbocycles. The first kappa shape index (κ1) is 16.9. The van der Waals surface area contributed by atoms with Gasteiger partial charge in [0.25, 0.3) is 5.56 Å². The fourth-order valence-corrected chi connectivity index (χ4v) is 4.58. The van der Waals surface area contributed by atoms with E-state index in [9.17, 15) is 9.59 Å². The van der Waals surface area contributed by atoms with E-state index in [0.717, 1.165) is 19.4 Å². The number of carbonyl (C=O) groups is 1. The van der Waals surface area contributed by atoms with Crippen molar-refractivity contribution in [3.63, 3.8) is 0 Å². The molecule has 4 rings (SSSR count). The quantitative estimate of drug-likeness (QED) is 0.710. The Balaban J connectivity index is 1.51. The molecule has 0 spiro atoms. The third kappa shape index (κ3) is 2.92. The van der Waals surface area contributed by atoms with Crippen molar-refractivity contribution in [2.24, 2.45) is 0 Å². The first-order chi connectivity index (χ1) is 12.7. The standard InChI is InChI=1S/C19H20N4O2S/c1-2-16-14-9-12-26-17(14)7-10-22(16)18(24)8-11-23-19(25)13-5-3-4-6-15(13)20-21-23/h3-6,9,12,16H,2,7-8,10-11H2,1H3/t16-/m0/s1. The minimum Gasteiger partial charge on any atom is -0.335 e. The van der Waals surface area contributed by atoms with Crippen molar-refractivity contribution in [2.45, 2.75) is 38.8 Å². The Hall–Kier alpha value is -2.54. The molecule has 0 radical (unpaired) electrons. The molecule has 1 aliphatic rings. The Morgan fingerprint density at radius 3 is 3.00 bits per heavy atom. The van der Waals surface area contributed by atoms with Gasteiger partial charge in [0.1, 0.15) is 5.52 Å². The molecular formula is C19H20N4O2S. The number of aryl methyl sites for hydroxylation is 1. The van der Waals surface area contributed by atoms with Crippen LogP contribution in [-0.2, 0) is 17.8 Å². The van der Waals surface area contributed by atoms with Gasteiger partial charge in [0.05, 0.1) is 18.0 Å². The first-order valence-electron chi connectivity index (χ1n) is 8.87. The average molecular weight is 368 g/mol. The minimum atomic E-state index is -0.200. The number of hydrogen-bond acceptors (Lipinski definition) is 5. The summed E-state index contributed by atoms with van der Waals surface area (Å²) in [5.74, 6) is 0.0653. The maximum atomic E-state index is 12.8. The zero-order chi connectivity index (χ0) is 18.1. The van der Waals surface area contributed by atoms with E-state index in [0.29, 0.717) is 10.9 Å². The highest BCUT2D eigenvalue weighted by atomic mass is 32.1. The molecule has 0 bridgehead atoms. The van der Waals surface area contributed by atoms with E-state index in [-0.39, 0.29) is 30.5 Å². The molecule has 3 aromatic rings. The average Bonchev–Trinajstić information content (AvgIpc) is 3.15. The molecule has 26 heavy (non-hydrogen) atoms. The summed E-state index contributed by atoms with van der Waals surface area (Å²) in [6, 6.07) is 9.39. The van der Waals surface area contributed by atoms with Crippen LogP contribution >= 0.6 is 11.3 Å². The molecule has 6 nitrogen and oxygen atoms in total. The van der Waals surface area contributed by atoms with Crippen molar-refractivity contribution < 1.29 is 4.79 Å². The summed E-state index contributed by atoms with van der Waals surface area (Å²) < 4.78 is 1.29. The Morgan fingerprint density at radius 2 is 2.15 bits per heavy atom. The van der Waals surface area contributed by atoms with Gasteiger partial charge in [-0.15, -0.1) is 16.4 Å². The summed E-state index contributed by atoms with van der Waals surface area (Å²) in [5.41, 5.74) is 1.65. The number of amides is 1. The van der Waals surface area contributed by atoms with E-state index < -0.39 is 0 Å². The normalized spacial score (nSPS) is 16.7. The van der Waals surface area contributed by atoms with Gasteiger partial charge in [-0.05, 0) is 42.0 Å². The lowest BCUT2D eigenvalue weighted by atomic mass is 9.97. The predicted molar refractivity (Wildman–Crippen MR) is 101 cm³/mol. The zero-order valence-corrected chi connectivity index (χ0v) is 15.4. The zero-order valence-electron chi connectivity index (χ0n) is 14.6. The van der Waals surface area contributed by atoms with E-state index in [1.165, 1.54) is 15.1 Å². The number of hydrogen-bond donors (Lipinski definition) is 0. The number of thiophene rings is 1. The molecule has 0 fully saturated rings. The maximum absolute atomic E-state index is 12.8. The molecule has 2 aromatic heterocycles. The monoisotopic (exact) mass is 368 g/mol. The van der Waals surface area contributed by atoms with Gasteiger partial charge in [-0.1, -0.05) is 24.3 Å². The van der Waals surface area contributed by atoms with Gasteiger partial charge in [-0.2, -0.15) is 0 Å². The topological polar surface area (TPSA) is 68.1 Å². The fourth-order valence-electron chi connectivity index (χ4n) is 3.65. The van der Waals surface area contributed by atoms with Crippen LogP contribution in [0.15, 0.2) is 40.5 Å². The molecule has 0 saturated heterocycles. The summed E-state index contributed by atoms with van der Waals surface area (Å²) >= 11 is 1.77. The van der Waals surface area contributed by atoms with Crippen molar-refractivity contribution in [3.8, 4) is 0 Å². The number of benzene rings is 1. The lowest BCUT2D eigenvalue weighted by Crippen LogP contribution is -2.40. The van der Waals surface area contributed by atoms with Crippen molar-refractivity contribution >= 4 is 28.1 Å². The largest absolute Gasteiger partial charge is 0.335 e. The Labute approximate surface area is 155 Å². The molecule has 1 aromatic carbocycles. The molecule has 1 amide bonds. The predicted octanol–water partition coefficient (Wildman–Crippen LogP) is 2.78. The van der Waals surface area contributed by atoms with E-state index in [1.807, 2.05) is 11.0 Å². The van der Waals surface area contributed by atoms with E-state index in [1.54, 1.807) is 29.5 Å². The summed E-state index contributed by atoms with van der Waals surface area (Å²) in [6.45, 7) is 3.10. The Kier molecular flexibility index (Phi) is 4.55. The van der Waals surface area contributed by atoms with Crippen LogP contribution in [0.2, 0.25) is 0 Å². The third-order valence-electron chi connectivity index (χ3n) is 4.97. The number of nitrogens with zero attached hydrogens (tertiary/aromatic N) is 4. The van der Waals surface area contributed by atoms with Gasteiger partial charge in [-0.25, -0.2) is 4.68 Å². The van der Waals surface area contributed by atoms with Crippen molar-refractivity contribution in [1.29, 1.82) is 0 Å². The lowest BCUT2D eigenvalue weighted by molar-refractivity contribution is -0.134. The molecule has 7 heteroatoms. The van der Waals surface area contributed by atoms with Gasteiger partial charge in [-0.3, -0.25) is 9.59 Å². The van der Waals surface area contributed by atoms with E-state index >= 15 is 0 Å². The molecule has 1 atom stereocenters. The summed E-state index contributed by atoms with van der Waals surface area (Å²) in [4.78, 5) is 28.7. The Bertz CT molecular complexity index is 1010. The van der Waals surface area contributed by atoms with Crippen LogP contribution in [0.25, 0.3) is 10.9 Å². The number of carbonyl (C=O) groups excluding carboxylic acids is 1. The van der Waals surface area contributed by atoms with Crippen LogP contribution in [0.3, 0.4) is 0 Å². The van der Waals surface area contributed by atoms with Crippen LogP contribution < -0.4 is 5.56 Å². The molecular weight excluding hydrogens is 348 g/mol. The van der Waals surface area contributed by atoms with Crippen molar-refractivity contribution in [2.75, 3.05) is 6.54 Å². The number of rotatable bonds is 4. The van der Waals surface area contributed by atoms with Gasteiger partial charge < -0.3 is 4.90 Å². The molecule has 3 heterocycles. The van der Waals surface area contributed by atoms with Crippen LogP contribution in [-0.4, -0.2) is 32.3 Å². The van der Waals surface area contributed by atoms with Crippen LogP contribution in [0.1, 0.15) is 36.2 Å². The molecule has 0 N–H and O–H groups in total. The highest BCUT2D eigenvalue weighted by molar-refractivity contribution is 7.10. The second-order valence-corrected chi connectivity index (χ2v) is 7.45. The van der Waals surface area contributed by atoms with E-state index in [4.69, 9.17) is 0 Å². The number of aromatic nitrogens is 3. The van der Waals surface area contributed by atoms with Crippen LogP contribution in [0.5, 0.6) is 0 Å². The van der Waals surface area contributed by atoms with Gasteiger partial charge in [0.15, 0.2) is 0 Å².